The van der Waals surface area contributed by atoms with E-state index in [1.54, 1.807) is 63.4 Å². The van der Waals surface area contributed by atoms with E-state index in [4.69, 9.17) is 9.26 Å². The van der Waals surface area contributed by atoms with E-state index >= 15 is 0 Å². The number of aryl methyl sites for hydroxylation is 1. The molecular formula is C27H24N4O4. The van der Waals surface area contributed by atoms with Crippen LogP contribution in [0.15, 0.2) is 88.5 Å². The first kappa shape index (κ1) is 23.4. The van der Waals surface area contributed by atoms with Crippen molar-refractivity contribution in [1.29, 1.82) is 0 Å². The minimum Gasteiger partial charge on any atom is -0.497 e. The van der Waals surface area contributed by atoms with E-state index in [0.717, 1.165) is 11.1 Å². The molecule has 4 rings (SSSR count). The van der Waals surface area contributed by atoms with Crippen molar-refractivity contribution < 1.29 is 18.8 Å². The van der Waals surface area contributed by atoms with Crippen molar-refractivity contribution in [1.82, 2.24) is 10.6 Å². The molecule has 3 aromatic carbocycles. The van der Waals surface area contributed by atoms with Crippen LogP contribution in [0.3, 0.4) is 0 Å². The Bertz CT molecular complexity index is 1380. The summed E-state index contributed by atoms with van der Waals surface area (Å²) < 4.78 is 10.4. The summed E-state index contributed by atoms with van der Waals surface area (Å²) in [6.45, 7) is 3.45. The number of nitrogens with zero attached hydrogens (tertiary/aromatic N) is 2. The topological polar surface area (TPSA) is 106 Å². The van der Waals surface area contributed by atoms with Crippen LogP contribution in [-0.4, -0.2) is 29.8 Å². The standard InChI is InChI=1S/C27H24N4O4/c1-17(29-30-27(33)24-18(2)35-31-25(24)19-8-5-4-6-9-19)21-10-7-11-22(16-21)28-26(32)20-12-14-23(34-3)15-13-20/h4-16H,1-3H3,(H,28,32)(H,30,33). The van der Waals surface area contributed by atoms with Crippen LogP contribution in [0.2, 0.25) is 0 Å². The Morgan fingerprint density at radius 1 is 0.914 bits per heavy atom. The third-order valence-corrected chi connectivity index (χ3v) is 5.35. The van der Waals surface area contributed by atoms with Crippen LogP contribution in [-0.2, 0) is 0 Å². The molecule has 4 aromatic rings. The van der Waals surface area contributed by atoms with Gasteiger partial charge in [-0.25, -0.2) is 5.43 Å². The van der Waals surface area contributed by atoms with Gasteiger partial charge in [-0.3, -0.25) is 9.59 Å². The fraction of sp³-hybridized carbons (Fsp3) is 0.111. The number of ether oxygens (including phenoxy) is 1. The summed E-state index contributed by atoms with van der Waals surface area (Å²) in [6, 6.07) is 23.4. The number of benzene rings is 3. The molecule has 0 aliphatic rings. The van der Waals surface area contributed by atoms with Gasteiger partial charge >= 0.3 is 0 Å². The molecule has 0 spiro atoms. The zero-order valence-electron chi connectivity index (χ0n) is 19.5. The van der Waals surface area contributed by atoms with Crippen molar-refractivity contribution in [2.45, 2.75) is 13.8 Å². The minimum absolute atomic E-state index is 0.246. The molecule has 0 radical (unpaired) electrons. The number of carbonyl (C=O) groups excluding carboxylic acids is 2. The second-order valence-corrected chi connectivity index (χ2v) is 7.73. The highest BCUT2D eigenvalue weighted by Crippen LogP contribution is 2.25. The second-order valence-electron chi connectivity index (χ2n) is 7.73. The predicted molar refractivity (Wildman–Crippen MR) is 134 cm³/mol. The van der Waals surface area contributed by atoms with E-state index in [9.17, 15) is 9.59 Å². The van der Waals surface area contributed by atoms with E-state index in [0.29, 0.717) is 39.7 Å². The van der Waals surface area contributed by atoms with Gasteiger partial charge in [-0.15, -0.1) is 0 Å². The number of aromatic nitrogens is 1. The zero-order chi connectivity index (χ0) is 24.8. The molecule has 0 aliphatic carbocycles. The van der Waals surface area contributed by atoms with Gasteiger partial charge in [0.1, 0.15) is 22.8 Å². The van der Waals surface area contributed by atoms with Crippen LogP contribution in [0.25, 0.3) is 11.3 Å². The number of rotatable bonds is 7. The molecule has 35 heavy (non-hydrogen) atoms. The van der Waals surface area contributed by atoms with Gasteiger partial charge in [-0.05, 0) is 55.8 Å². The Hall–Kier alpha value is -4.72. The lowest BCUT2D eigenvalue weighted by atomic mass is 10.1. The molecule has 1 aromatic heterocycles. The fourth-order valence-corrected chi connectivity index (χ4v) is 3.46. The molecule has 176 valence electrons. The van der Waals surface area contributed by atoms with Crippen LogP contribution >= 0.6 is 0 Å². The zero-order valence-corrected chi connectivity index (χ0v) is 19.5. The SMILES string of the molecule is COc1ccc(C(=O)Nc2cccc(C(C)=NNC(=O)c3c(-c4ccccc4)noc3C)c2)cc1. The van der Waals surface area contributed by atoms with Gasteiger partial charge in [-0.1, -0.05) is 47.6 Å². The number of methoxy groups -OCH3 is 1. The smallest absolute Gasteiger partial charge is 0.277 e. The number of amides is 2. The molecule has 0 unspecified atom stereocenters. The lowest BCUT2D eigenvalue weighted by Crippen LogP contribution is -2.20. The van der Waals surface area contributed by atoms with Crippen LogP contribution in [0, 0.1) is 6.92 Å². The van der Waals surface area contributed by atoms with Gasteiger partial charge in [0.05, 0.1) is 12.8 Å². The molecule has 0 aliphatic heterocycles. The Labute approximate surface area is 202 Å². The van der Waals surface area contributed by atoms with Crippen molar-refractivity contribution in [3.8, 4) is 17.0 Å². The van der Waals surface area contributed by atoms with Gasteiger partial charge < -0.3 is 14.6 Å². The summed E-state index contributed by atoms with van der Waals surface area (Å²) in [4.78, 5) is 25.5. The van der Waals surface area contributed by atoms with Crippen LogP contribution < -0.4 is 15.5 Å². The molecular weight excluding hydrogens is 444 g/mol. The average Bonchev–Trinajstić information content (AvgIpc) is 3.29. The molecule has 0 atom stereocenters. The Morgan fingerprint density at radius 3 is 2.37 bits per heavy atom. The van der Waals surface area contributed by atoms with Crippen LogP contribution in [0.4, 0.5) is 5.69 Å². The van der Waals surface area contributed by atoms with Crippen LogP contribution in [0.5, 0.6) is 5.75 Å². The first-order valence-corrected chi connectivity index (χ1v) is 10.9. The van der Waals surface area contributed by atoms with Gasteiger partial charge in [-0.2, -0.15) is 5.10 Å². The first-order chi connectivity index (χ1) is 17.0. The summed E-state index contributed by atoms with van der Waals surface area (Å²) in [7, 11) is 1.57. The summed E-state index contributed by atoms with van der Waals surface area (Å²) in [5.41, 5.74) is 6.55. The van der Waals surface area contributed by atoms with Crippen molar-refractivity contribution in [3.05, 3.63) is 101 Å². The first-order valence-electron chi connectivity index (χ1n) is 10.9. The molecule has 0 bridgehead atoms. The molecule has 2 amide bonds. The molecule has 0 saturated heterocycles. The van der Waals surface area contributed by atoms with Gasteiger partial charge in [0.15, 0.2) is 0 Å². The Morgan fingerprint density at radius 2 is 1.66 bits per heavy atom. The number of anilines is 1. The number of nitrogens with one attached hydrogen (secondary N) is 2. The number of hydrazone groups is 1. The van der Waals surface area contributed by atoms with Crippen LogP contribution in [0.1, 0.15) is 39.0 Å². The highest BCUT2D eigenvalue weighted by Gasteiger charge is 2.21. The maximum atomic E-state index is 12.9. The fourth-order valence-electron chi connectivity index (χ4n) is 3.46. The van der Waals surface area contributed by atoms with E-state index in [-0.39, 0.29) is 5.91 Å². The molecule has 8 heteroatoms. The van der Waals surface area contributed by atoms with Crippen molar-refractivity contribution in [2.24, 2.45) is 5.10 Å². The predicted octanol–water partition coefficient (Wildman–Crippen LogP) is 5.06. The van der Waals surface area contributed by atoms with E-state index in [1.807, 2.05) is 36.4 Å². The van der Waals surface area contributed by atoms with E-state index in [1.165, 1.54) is 0 Å². The molecule has 0 fully saturated rings. The maximum Gasteiger partial charge on any atom is 0.277 e. The van der Waals surface area contributed by atoms with Crippen molar-refractivity contribution in [3.63, 3.8) is 0 Å². The number of hydrogen-bond donors (Lipinski definition) is 2. The normalized spacial score (nSPS) is 11.1. The summed E-state index contributed by atoms with van der Waals surface area (Å²) >= 11 is 0. The number of carbonyl (C=O) groups is 2. The summed E-state index contributed by atoms with van der Waals surface area (Å²) in [5, 5.41) is 11.1. The molecule has 0 saturated carbocycles. The van der Waals surface area contributed by atoms with Crippen molar-refractivity contribution >= 4 is 23.2 Å². The lowest BCUT2D eigenvalue weighted by molar-refractivity contribution is 0.0953. The van der Waals surface area contributed by atoms with Gasteiger partial charge in [0, 0.05) is 16.8 Å². The third kappa shape index (κ3) is 5.44. The third-order valence-electron chi connectivity index (χ3n) is 5.35. The Kier molecular flexibility index (Phi) is 7.02. The van der Waals surface area contributed by atoms with E-state index in [2.05, 4.69) is 21.0 Å². The second kappa shape index (κ2) is 10.5. The molecule has 1 heterocycles. The maximum absolute atomic E-state index is 12.9. The summed E-state index contributed by atoms with van der Waals surface area (Å²) in [6.07, 6.45) is 0. The lowest BCUT2D eigenvalue weighted by Gasteiger charge is -2.08. The minimum atomic E-state index is -0.425. The van der Waals surface area contributed by atoms with Crippen molar-refractivity contribution in [2.75, 3.05) is 12.4 Å². The number of hydrogen-bond acceptors (Lipinski definition) is 6. The molecule has 2 N–H and O–H groups in total. The average molecular weight is 469 g/mol. The summed E-state index contributed by atoms with van der Waals surface area (Å²) in [5.74, 6) is 0.405. The quantitative estimate of drug-likeness (QED) is 0.291. The highest BCUT2D eigenvalue weighted by molar-refractivity contribution is 6.06. The van der Waals surface area contributed by atoms with E-state index < -0.39 is 5.91 Å². The van der Waals surface area contributed by atoms with Gasteiger partial charge in [0.25, 0.3) is 11.8 Å². The molecule has 8 nitrogen and oxygen atoms in total. The monoisotopic (exact) mass is 468 g/mol. The highest BCUT2D eigenvalue weighted by atomic mass is 16.5. The van der Waals surface area contributed by atoms with Gasteiger partial charge in [0.2, 0.25) is 0 Å². The largest absolute Gasteiger partial charge is 0.497 e. The Balaban J connectivity index is 1.47.